The van der Waals surface area contributed by atoms with Crippen molar-refractivity contribution in [3.8, 4) is 0 Å². The number of nitrogens with one attached hydrogen (secondary N) is 2. The van der Waals surface area contributed by atoms with Gasteiger partial charge in [0.25, 0.3) is 0 Å². The van der Waals surface area contributed by atoms with Gasteiger partial charge in [-0.3, -0.25) is 4.79 Å². The van der Waals surface area contributed by atoms with Crippen LogP contribution in [0.1, 0.15) is 19.8 Å². The molecule has 5 heteroatoms. The average molecular weight is 263 g/mol. The highest BCUT2D eigenvalue weighted by Gasteiger charge is 2.21. The topological polar surface area (TPSA) is 44.4 Å². The Balaban J connectivity index is 2.10. The third-order valence-electron chi connectivity index (χ3n) is 2.83. The van der Waals surface area contributed by atoms with Crippen LogP contribution < -0.4 is 15.5 Å². The molecule has 1 saturated heterocycles. The lowest BCUT2D eigenvalue weighted by molar-refractivity contribution is -0.117. The van der Waals surface area contributed by atoms with Crippen molar-refractivity contribution in [3.05, 3.63) is 24.3 Å². The quantitative estimate of drug-likeness (QED) is 0.820. The van der Waals surface area contributed by atoms with E-state index >= 15 is 0 Å². The molecule has 0 radical (unpaired) electrons. The minimum absolute atomic E-state index is 0.196. The molecule has 1 aliphatic heterocycles. The van der Waals surface area contributed by atoms with Crippen molar-refractivity contribution in [1.82, 2.24) is 5.32 Å². The number of benzene rings is 1. The molecule has 0 bridgehead atoms. The Morgan fingerprint density at radius 1 is 1.50 bits per heavy atom. The van der Waals surface area contributed by atoms with Gasteiger partial charge in [-0.05, 0) is 43.8 Å². The summed E-state index contributed by atoms with van der Waals surface area (Å²) in [4.78, 5) is 13.5. The first-order valence-electron chi connectivity index (χ1n) is 6.16. The van der Waals surface area contributed by atoms with Crippen LogP contribution in [0.15, 0.2) is 24.3 Å². The number of hydrogen-bond acceptors (Lipinski definition) is 2. The van der Waals surface area contributed by atoms with Crippen LogP contribution in [0.3, 0.4) is 0 Å². The van der Waals surface area contributed by atoms with E-state index in [1.54, 1.807) is 0 Å². The summed E-state index contributed by atoms with van der Waals surface area (Å²) >= 11 is 5.13. The molecule has 1 heterocycles. The second-order valence-electron chi connectivity index (χ2n) is 4.18. The molecule has 18 heavy (non-hydrogen) atoms. The lowest BCUT2D eigenvalue weighted by Gasteiger charge is -2.17. The molecule has 0 saturated carbocycles. The molecule has 96 valence electrons. The Kier molecular flexibility index (Phi) is 4.15. The Morgan fingerprint density at radius 2 is 2.33 bits per heavy atom. The third kappa shape index (κ3) is 2.98. The zero-order valence-electron chi connectivity index (χ0n) is 10.4. The normalized spacial score (nSPS) is 14.7. The minimum Gasteiger partial charge on any atom is -0.363 e. The Hall–Kier alpha value is -1.62. The first-order chi connectivity index (χ1) is 8.70. The van der Waals surface area contributed by atoms with Crippen molar-refractivity contribution in [2.75, 3.05) is 23.3 Å². The van der Waals surface area contributed by atoms with E-state index in [0.29, 0.717) is 11.5 Å². The third-order valence-corrected chi connectivity index (χ3v) is 3.07. The monoisotopic (exact) mass is 263 g/mol. The minimum atomic E-state index is 0.196. The van der Waals surface area contributed by atoms with E-state index in [2.05, 4.69) is 10.6 Å². The first kappa shape index (κ1) is 12.8. The molecule has 0 aromatic heterocycles. The Labute approximate surface area is 112 Å². The fourth-order valence-electron chi connectivity index (χ4n) is 2.01. The molecule has 2 rings (SSSR count). The summed E-state index contributed by atoms with van der Waals surface area (Å²) in [5.74, 6) is 0.196. The van der Waals surface area contributed by atoms with E-state index in [0.717, 1.165) is 30.9 Å². The molecule has 0 unspecified atom stereocenters. The maximum absolute atomic E-state index is 11.7. The number of nitrogens with zero attached hydrogens (tertiary/aromatic N) is 1. The van der Waals surface area contributed by atoms with Crippen LogP contribution in [-0.4, -0.2) is 24.1 Å². The van der Waals surface area contributed by atoms with Gasteiger partial charge in [0, 0.05) is 30.9 Å². The van der Waals surface area contributed by atoms with Crippen LogP contribution in [-0.2, 0) is 4.79 Å². The van der Waals surface area contributed by atoms with Crippen molar-refractivity contribution in [2.45, 2.75) is 19.8 Å². The van der Waals surface area contributed by atoms with Gasteiger partial charge in [-0.2, -0.15) is 0 Å². The van der Waals surface area contributed by atoms with Gasteiger partial charge in [-0.25, -0.2) is 0 Å². The number of hydrogen-bond donors (Lipinski definition) is 2. The first-order valence-corrected chi connectivity index (χ1v) is 6.57. The highest BCUT2D eigenvalue weighted by Crippen LogP contribution is 2.24. The molecule has 4 nitrogen and oxygen atoms in total. The van der Waals surface area contributed by atoms with Crippen LogP contribution in [0.4, 0.5) is 11.4 Å². The van der Waals surface area contributed by atoms with Crippen LogP contribution in [0.25, 0.3) is 0 Å². The number of carbonyl (C=O) groups is 1. The predicted octanol–water partition coefficient (Wildman–Crippen LogP) is 2.12. The van der Waals surface area contributed by atoms with Gasteiger partial charge in [0.2, 0.25) is 5.91 Å². The second-order valence-corrected chi connectivity index (χ2v) is 4.59. The fourth-order valence-corrected chi connectivity index (χ4v) is 2.27. The van der Waals surface area contributed by atoms with E-state index in [4.69, 9.17) is 12.2 Å². The van der Waals surface area contributed by atoms with Crippen LogP contribution >= 0.6 is 12.2 Å². The summed E-state index contributed by atoms with van der Waals surface area (Å²) in [5, 5.41) is 6.73. The number of carbonyl (C=O) groups excluding carboxylic acids is 1. The maximum atomic E-state index is 11.7. The van der Waals surface area contributed by atoms with Crippen LogP contribution in [0, 0.1) is 0 Å². The smallest absolute Gasteiger partial charge is 0.227 e. The van der Waals surface area contributed by atoms with E-state index in [9.17, 15) is 4.79 Å². The standard InChI is InChI=1S/C13H17N3OS/c1-2-14-13(18)15-10-5-3-6-11(9-10)16-8-4-7-12(16)17/h3,5-6,9H,2,4,7-8H2,1H3,(H2,14,15,18). The summed E-state index contributed by atoms with van der Waals surface area (Å²) in [6.45, 7) is 3.59. The highest BCUT2D eigenvalue weighted by molar-refractivity contribution is 7.80. The molecule has 0 spiro atoms. The molecule has 1 amide bonds. The molecular weight excluding hydrogens is 246 g/mol. The van der Waals surface area contributed by atoms with E-state index < -0.39 is 0 Å². The molecule has 1 aromatic rings. The largest absolute Gasteiger partial charge is 0.363 e. The summed E-state index contributed by atoms with van der Waals surface area (Å²) in [5.41, 5.74) is 1.83. The lowest BCUT2D eigenvalue weighted by Crippen LogP contribution is -2.28. The number of rotatable bonds is 3. The fraction of sp³-hybridized carbons (Fsp3) is 0.385. The van der Waals surface area contributed by atoms with Crippen molar-refractivity contribution < 1.29 is 4.79 Å². The molecule has 2 N–H and O–H groups in total. The summed E-state index contributed by atoms with van der Waals surface area (Å²) < 4.78 is 0. The highest BCUT2D eigenvalue weighted by atomic mass is 32.1. The molecule has 1 aromatic carbocycles. The molecule has 1 fully saturated rings. The zero-order chi connectivity index (χ0) is 13.0. The van der Waals surface area contributed by atoms with Crippen LogP contribution in [0.5, 0.6) is 0 Å². The van der Waals surface area contributed by atoms with Gasteiger partial charge in [0.05, 0.1) is 0 Å². The number of amides is 1. The van der Waals surface area contributed by atoms with Crippen molar-refractivity contribution >= 4 is 34.6 Å². The average Bonchev–Trinajstić information content (AvgIpc) is 2.76. The van der Waals surface area contributed by atoms with Gasteiger partial charge >= 0.3 is 0 Å². The molecule has 0 aliphatic carbocycles. The molecule has 1 aliphatic rings. The number of anilines is 2. The van der Waals surface area contributed by atoms with Crippen molar-refractivity contribution in [1.29, 1.82) is 0 Å². The number of thiocarbonyl (C=S) groups is 1. The summed E-state index contributed by atoms with van der Waals surface area (Å²) in [7, 11) is 0. The molecule has 0 atom stereocenters. The van der Waals surface area contributed by atoms with Crippen molar-refractivity contribution in [3.63, 3.8) is 0 Å². The Morgan fingerprint density at radius 3 is 3.00 bits per heavy atom. The van der Waals surface area contributed by atoms with Gasteiger partial charge in [-0.1, -0.05) is 6.07 Å². The Bertz CT molecular complexity index is 461. The van der Waals surface area contributed by atoms with Crippen molar-refractivity contribution in [2.24, 2.45) is 0 Å². The van der Waals surface area contributed by atoms with Gasteiger partial charge < -0.3 is 15.5 Å². The van der Waals surface area contributed by atoms with E-state index in [-0.39, 0.29) is 5.91 Å². The predicted molar refractivity (Wildman–Crippen MR) is 77.9 cm³/mol. The summed E-state index contributed by atoms with van der Waals surface area (Å²) in [6.07, 6.45) is 1.58. The second kappa shape index (κ2) is 5.82. The van der Waals surface area contributed by atoms with Gasteiger partial charge in [-0.15, -0.1) is 0 Å². The van der Waals surface area contributed by atoms with Crippen LogP contribution in [0.2, 0.25) is 0 Å². The molecular formula is C13H17N3OS. The zero-order valence-corrected chi connectivity index (χ0v) is 11.2. The van der Waals surface area contributed by atoms with Gasteiger partial charge in [0.1, 0.15) is 0 Å². The van der Waals surface area contributed by atoms with E-state index in [1.165, 1.54) is 0 Å². The lowest BCUT2D eigenvalue weighted by atomic mass is 10.2. The summed E-state index contributed by atoms with van der Waals surface area (Å²) in [6, 6.07) is 7.77. The van der Waals surface area contributed by atoms with Gasteiger partial charge in [0.15, 0.2) is 5.11 Å². The maximum Gasteiger partial charge on any atom is 0.227 e. The van der Waals surface area contributed by atoms with E-state index in [1.807, 2.05) is 36.1 Å². The SMILES string of the molecule is CCNC(=S)Nc1cccc(N2CCCC2=O)c1.